The van der Waals surface area contributed by atoms with Crippen molar-refractivity contribution in [1.82, 2.24) is 14.3 Å². The molecule has 0 aliphatic heterocycles. The van der Waals surface area contributed by atoms with E-state index in [9.17, 15) is 31.9 Å². The van der Waals surface area contributed by atoms with Gasteiger partial charge in [-0.05, 0) is 31.2 Å². The number of rotatable bonds is 7. The Kier molecular flexibility index (Phi) is 7.23. The largest absolute Gasteiger partial charge is 0.483 e. The van der Waals surface area contributed by atoms with Crippen molar-refractivity contribution < 1.29 is 31.8 Å². The molecule has 3 aromatic rings. The number of hydrogen-bond acceptors (Lipinski definition) is 4. The number of nitrogens with zero attached hydrogens (tertiary/aromatic N) is 3. The summed E-state index contributed by atoms with van der Waals surface area (Å²) in [5.41, 5.74) is -1.51. The van der Waals surface area contributed by atoms with Crippen molar-refractivity contribution in [2.75, 3.05) is 6.61 Å². The molecular weight excluding hydrogens is 473 g/mol. The maximum atomic E-state index is 14.9. The molecule has 0 bridgehead atoms. The van der Waals surface area contributed by atoms with Crippen LogP contribution in [0.2, 0.25) is 5.02 Å². The Bertz CT molecular complexity index is 1230. The van der Waals surface area contributed by atoms with Gasteiger partial charge in [-0.3, -0.25) is 4.57 Å². The highest BCUT2D eigenvalue weighted by molar-refractivity contribution is 6.32. The Morgan fingerprint density at radius 3 is 2.48 bits per heavy atom. The second-order valence-electron chi connectivity index (χ2n) is 6.73. The minimum absolute atomic E-state index is 0.0364. The summed E-state index contributed by atoms with van der Waals surface area (Å²) in [4.78, 5) is 12.5. The van der Waals surface area contributed by atoms with Gasteiger partial charge < -0.3 is 9.84 Å². The molecule has 1 heterocycles. The van der Waals surface area contributed by atoms with Crippen LogP contribution in [0.1, 0.15) is 23.9 Å². The van der Waals surface area contributed by atoms with E-state index in [0.29, 0.717) is 4.68 Å². The Hall–Kier alpha value is -3.18. The summed E-state index contributed by atoms with van der Waals surface area (Å²) in [5, 5.41) is 13.2. The lowest BCUT2D eigenvalue weighted by atomic mass is 10.1. The fraction of sp³-hybridized carbons (Fsp3) is 0.238. The molecule has 0 atom stereocenters. The van der Waals surface area contributed by atoms with E-state index in [4.69, 9.17) is 16.3 Å². The van der Waals surface area contributed by atoms with E-state index in [2.05, 4.69) is 5.10 Å². The molecule has 0 saturated carbocycles. The molecule has 0 saturated heterocycles. The number of alkyl halides is 3. The standard InChI is InChI=1S/C21H17ClF5N3O3/c1-2-29-19(10-31)28-30(20(29)32)17-9-18(33-11-21(25,26)27)12(8-16(17)24)6-7-13-14(22)4-3-5-15(13)23/h3-9,31H,2,10-11H2,1H3/b7-6+. The molecule has 0 spiro atoms. The van der Waals surface area contributed by atoms with Crippen LogP contribution in [0.25, 0.3) is 17.8 Å². The molecule has 33 heavy (non-hydrogen) atoms. The van der Waals surface area contributed by atoms with Crippen molar-refractivity contribution in [2.45, 2.75) is 26.3 Å². The van der Waals surface area contributed by atoms with Gasteiger partial charge >= 0.3 is 11.9 Å². The quantitative estimate of drug-likeness (QED) is 0.389. The second kappa shape index (κ2) is 9.75. The van der Waals surface area contributed by atoms with E-state index in [1.165, 1.54) is 12.1 Å². The smallest absolute Gasteiger partial charge is 0.422 e. The van der Waals surface area contributed by atoms with E-state index < -0.39 is 48.2 Å². The number of ether oxygens (including phenoxy) is 1. The SMILES string of the molecule is CCn1c(CO)nn(-c2cc(OCC(F)(F)F)c(/C=C/c3c(F)cccc3Cl)cc2F)c1=O. The first-order valence-corrected chi connectivity index (χ1v) is 9.88. The zero-order valence-corrected chi connectivity index (χ0v) is 17.8. The fourth-order valence-electron chi connectivity index (χ4n) is 3.01. The van der Waals surface area contributed by atoms with Crippen molar-refractivity contribution in [1.29, 1.82) is 0 Å². The highest BCUT2D eigenvalue weighted by Crippen LogP contribution is 2.30. The van der Waals surface area contributed by atoms with E-state index in [-0.39, 0.29) is 28.5 Å². The van der Waals surface area contributed by atoms with Crippen LogP contribution in [0.4, 0.5) is 22.0 Å². The number of aromatic nitrogens is 3. The molecule has 12 heteroatoms. The lowest BCUT2D eigenvalue weighted by Gasteiger charge is -2.14. The number of aliphatic hydroxyl groups is 1. The van der Waals surface area contributed by atoms with Crippen LogP contribution in [-0.2, 0) is 13.2 Å². The lowest BCUT2D eigenvalue weighted by molar-refractivity contribution is -0.153. The van der Waals surface area contributed by atoms with Crippen molar-refractivity contribution in [3.05, 3.63) is 74.4 Å². The topological polar surface area (TPSA) is 69.3 Å². The molecular formula is C21H17ClF5N3O3. The summed E-state index contributed by atoms with van der Waals surface area (Å²) in [5.74, 6) is -2.20. The molecule has 0 radical (unpaired) electrons. The number of hydrogen-bond donors (Lipinski definition) is 1. The minimum Gasteiger partial charge on any atom is -0.483 e. The summed E-state index contributed by atoms with van der Waals surface area (Å²) < 4.78 is 73.7. The average Bonchev–Trinajstić information content (AvgIpc) is 3.07. The third kappa shape index (κ3) is 5.42. The van der Waals surface area contributed by atoms with Crippen LogP contribution in [0.15, 0.2) is 35.1 Å². The third-order valence-electron chi connectivity index (χ3n) is 4.52. The highest BCUT2D eigenvalue weighted by Gasteiger charge is 2.29. The highest BCUT2D eigenvalue weighted by atomic mass is 35.5. The molecule has 176 valence electrons. The van der Waals surface area contributed by atoms with Gasteiger partial charge in [-0.15, -0.1) is 5.10 Å². The van der Waals surface area contributed by atoms with E-state index in [1.807, 2.05) is 0 Å². The van der Waals surface area contributed by atoms with Crippen LogP contribution in [-0.4, -0.2) is 32.2 Å². The summed E-state index contributed by atoms with van der Waals surface area (Å²) >= 11 is 5.94. The monoisotopic (exact) mass is 489 g/mol. The molecule has 0 fully saturated rings. The predicted molar refractivity (Wildman–Crippen MR) is 111 cm³/mol. The Balaban J connectivity index is 2.13. The maximum absolute atomic E-state index is 14.9. The summed E-state index contributed by atoms with van der Waals surface area (Å²) in [6.45, 7) is -0.584. The average molecular weight is 490 g/mol. The van der Waals surface area contributed by atoms with Crippen molar-refractivity contribution >= 4 is 23.8 Å². The van der Waals surface area contributed by atoms with Gasteiger partial charge in [0.2, 0.25) is 0 Å². The van der Waals surface area contributed by atoms with Crippen LogP contribution >= 0.6 is 11.6 Å². The van der Waals surface area contributed by atoms with Crippen LogP contribution in [0.3, 0.4) is 0 Å². The van der Waals surface area contributed by atoms with Crippen molar-refractivity contribution in [2.24, 2.45) is 0 Å². The normalized spacial score (nSPS) is 12.0. The number of aliphatic hydroxyl groups excluding tert-OH is 1. The molecule has 0 aliphatic rings. The first-order valence-electron chi connectivity index (χ1n) is 9.50. The van der Waals surface area contributed by atoms with Crippen molar-refractivity contribution in [3.63, 3.8) is 0 Å². The van der Waals surface area contributed by atoms with Gasteiger partial charge in [0.15, 0.2) is 12.4 Å². The molecule has 0 amide bonds. The molecule has 6 nitrogen and oxygen atoms in total. The Morgan fingerprint density at radius 2 is 1.91 bits per heavy atom. The first-order chi connectivity index (χ1) is 15.6. The first kappa shape index (κ1) is 24.5. The van der Waals surface area contributed by atoms with E-state index >= 15 is 0 Å². The second-order valence-corrected chi connectivity index (χ2v) is 7.13. The zero-order valence-electron chi connectivity index (χ0n) is 17.0. The third-order valence-corrected chi connectivity index (χ3v) is 4.85. The summed E-state index contributed by atoms with van der Waals surface area (Å²) in [6.07, 6.45) is -2.40. The molecule has 3 rings (SSSR count). The molecule has 1 N–H and O–H groups in total. The van der Waals surface area contributed by atoms with Gasteiger partial charge in [0.05, 0.1) is 5.02 Å². The van der Waals surface area contributed by atoms with Gasteiger partial charge in [0, 0.05) is 23.7 Å². The van der Waals surface area contributed by atoms with Crippen molar-refractivity contribution in [3.8, 4) is 11.4 Å². The molecule has 2 aromatic carbocycles. The number of benzene rings is 2. The fourth-order valence-corrected chi connectivity index (χ4v) is 3.23. The summed E-state index contributed by atoms with van der Waals surface area (Å²) in [7, 11) is 0. The Morgan fingerprint density at radius 1 is 1.18 bits per heavy atom. The summed E-state index contributed by atoms with van der Waals surface area (Å²) in [6, 6.07) is 5.60. The predicted octanol–water partition coefficient (Wildman–Crippen LogP) is 4.59. The van der Waals surface area contributed by atoms with Gasteiger partial charge in [-0.1, -0.05) is 23.7 Å². The van der Waals surface area contributed by atoms with Gasteiger partial charge in [0.1, 0.15) is 29.7 Å². The maximum Gasteiger partial charge on any atom is 0.422 e. The zero-order chi connectivity index (χ0) is 24.3. The van der Waals surface area contributed by atoms with E-state index in [1.54, 1.807) is 6.92 Å². The van der Waals surface area contributed by atoms with Crippen LogP contribution in [0.5, 0.6) is 5.75 Å². The van der Waals surface area contributed by atoms with Crippen LogP contribution in [0, 0.1) is 11.6 Å². The van der Waals surface area contributed by atoms with Crippen LogP contribution < -0.4 is 10.4 Å². The molecule has 1 aromatic heterocycles. The van der Waals surface area contributed by atoms with Gasteiger partial charge in [-0.25, -0.2) is 13.6 Å². The molecule has 0 aliphatic carbocycles. The lowest BCUT2D eigenvalue weighted by Crippen LogP contribution is -2.25. The van der Waals surface area contributed by atoms with E-state index in [0.717, 1.165) is 34.9 Å². The van der Waals surface area contributed by atoms with Gasteiger partial charge in [-0.2, -0.15) is 17.9 Å². The minimum atomic E-state index is -4.70. The molecule has 0 unspecified atom stereocenters. The Labute approximate surface area is 189 Å². The van der Waals surface area contributed by atoms with Gasteiger partial charge in [0.25, 0.3) is 0 Å². The number of halogens is 6.